The molecule has 4 nitrogen and oxygen atoms in total. The number of para-hydroxylation sites is 1. The SMILES string of the molecule is Cc1cccc2c1OCCC[C@@H]2NCC(=O)NCC1CC1. The molecule has 2 aliphatic rings. The van der Waals surface area contributed by atoms with Gasteiger partial charge in [0.15, 0.2) is 0 Å². The van der Waals surface area contributed by atoms with Crippen molar-refractivity contribution < 1.29 is 9.53 Å². The van der Waals surface area contributed by atoms with Crippen LogP contribution in [0.25, 0.3) is 0 Å². The Morgan fingerprint density at radius 3 is 3.00 bits per heavy atom. The van der Waals surface area contributed by atoms with E-state index in [1.165, 1.54) is 24.0 Å². The molecule has 0 aromatic heterocycles. The molecule has 1 saturated carbocycles. The van der Waals surface area contributed by atoms with Crippen molar-refractivity contribution in [1.82, 2.24) is 10.6 Å². The van der Waals surface area contributed by atoms with Crippen molar-refractivity contribution in [2.75, 3.05) is 19.7 Å². The molecule has 114 valence electrons. The Bertz CT molecular complexity index is 512. The van der Waals surface area contributed by atoms with Crippen molar-refractivity contribution in [3.05, 3.63) is 29.3 Å². The highest BCUT2D eigenvalue weighted by molar-refractivity contribution is 5.78. The zero-order valence-electron chi connectivity index (χ0n) is 12.7. The van der Waals surface area contributed by atoms with Gasteiger partial charge in [-0.25, -0.2) is 0 Å². The third-order valence-electron chi connectivity index (χ3n) is 4.30. The third kappa shape index (κ3) is 3.76. The van der Waals surface area contributed by atoms with Gasteiger partial charge in [-0.1, -0.05) is 18.2 Å². The lowest BCUT2D eigenvalue weighted by Crippen LogP contribution is -2.36. The average Bonchev–Trinajstić information content (AvgIpc) is 3.30. The van der Waals surface area contributed by atoms with Crippen LogP contribution in [-0.2, 0) is 4.79 Å². The summed E-state index contributed by atoms with van der Waals surface area (Å²) in [4.78, 5) is 11.9. The van der Waals surface area contributed by atoms with Crippen molar-refractivity contribution in [1.29, 1.82) is 0 Å². The first-order valence-electron chi connectivity index (χ1n) is 7.96. The summed E-state index contributed by atoms with van der Waals surface area (Å²) >= 11 is 0. The van der Waals surface area contributed by atoms with E-state index in [1.54, 1.807) is 0 Å². The van der Waals surface area contributed by atoms with Gasteiger partial charge in [0.05, 0.1) is 13.2 Å². The second-order valence-electron chi connectivity index (χ2n) is 6.16. The molecule has 1 heterocycles. The van der Waals surface area contributed by atoms with Crippen molar-refractivity contribution in [2.24, 2.45) is 5.92 Å². The number of amides is 1. The first-order valence-corrected chi connectivity index (χ1v) is 7.96. The van der Waals surface area contributed by atoms with E-state index in [0.717, 1.165) is 37.7 Å². The Hall–Kier alpha value is -1.55. The van der Waals surface area contributed by atoms with E-state index in [9.17, 15) is 4.79 Å². The molecule has 3 rings (SSSR count). The fourth-order valence-corrected chi connectivity index (χ4v) is 2.83. The Balaban J connectivity index is 1.59. The van der Waals surface area contributed by atoms with Crippen LogP contribution in [0.5, 0.6) is 5.75 Å². The number of hydrogen-bond acceptors (Lipinski definition) is 3. The summed E-state index contributed by atoms with van der Waals surface area (Å²) in [7, 11) is 0. The van der Waals surface area contributed by atoms with Gasteiger partial charge in [0.25, 0.3) is 0 Å². The molecule has 0 unspecified atom stereocenters. The highest BCUT2D eigenvalue weighted by Crippen LogP contribution is 2.33. The van der Waals surface area contributed by atoms with E-state index in [2.05, 4.69) is 35.8 Å². The number of fused-ring (bicyclic) bond motifs is 1. The normalized spacial score (nSPS) is 21.1. The minimum Gasteiger partial charge on any atom is -0.493 e. The highest BCUT2D eigenvalue weighted by Gasteiger charge is 2.23. The van der Waals surface area contributed by atoms with E-state index in [0.29, 0.717) is 6.54 Å². The summed E-state index contributed by atoms with van der Waals surface area (Å²) in [6.45, 7) is 4.04. The van der Waals surface area contributed by atoms with E-state index in [-0.39, 0.29) is 11.9 Å². The molecule has 1 aromatic carbocycles. The van der Waals surface area contributed by atoms with Gasteiger partial charge in [0.2, 0.25) is 5.91 Å². The summed E-state index contributed by atoms with van der Waals surface area (Å²) in [6, 6.07) is 6.44. The van der Waals surface area contributed by atoms with Crippen LogP contribution in [0.3, 0.4) is 0 Å². The monoisotopic (exact) mass is 288 g/mol. The maximum absolute atomic E-state index is 11.9. The minimum absolute atomic E-state index is 0.0984. The number of carbonyl (C=O) groups excluding carboxylic acids is 1. The van der Waals surface area contributed by atoms with Crippen LogP contribution < -0.4 is 15.4 Å². The molecule has 2 N–H and O–H groups in total. The molecule has 1 fully saturated rings. The van der Waals surface area contributed by atoms with Gasteiger partial charge in [0.1, 0.15) is 5.75 Å². The Kier molecular flexibility index (Phi) is 4.44. The smallest absolute Gasteiger partial charge is 0.233 e. The summed E-state index contributed by atoms with van der Waals surface area (Å²) in [5.41, 5.74) is 2.35. The first kappa shape index (κ1) is 14.4. The van der Waals surface area contributed by atoms with Crippen LogP contribution in [0, 0.1) is 12.8 Å². The fraction of sp³-hybridized carbons (Fsp3) is 0.588. The molecule has 1 aromatic rings. The maximum atomic E-state index is 11.9. The zero-order valence-corrected chi connectivity index (χ0v) is 12.7. The Morgan fingerprint density at radius 1 is 1.33 bits per heavy atom. The lowest BCUT2D eigenvalue weighted by molar-refractivity contribution is -0.120. The van der Waals surface area contributed by atoms with E-state index in [1.807, 2.05) is 0 Å². The second kappa shape index (κ2) is 6.48. The van der Waals surface area contributed by atoms with Gasteiger partial charge in [-0.05, 0) is 44.1 Å². The second-order valence-corrected chi connectivity index (χ2v) is 6.16. The van der Waals surface area contributed by atoms with Gasteiger partial charge in [0, 0.05) is 18.2 Å². The Morgan fingerprint density at radius 2 is 2.19 bits per heavy atom. The molecule has 21 heavy (non-hydrogen) atoms. The van der Waals surface area contributed by atoms with E-state index in [4.69, 9.17) is 4.74 Å². The summed E-state index contributed by atoms with van der Waals surface area (Å²) in [5, 5.41) is 6.40. The highest BCUT2D eigenvalue weighted by atomic mass is 16.5. The number of hydrogen-bond donors (Lipinski definition) is 2. The number of nitrogens with one attached hydrogen (secondary N) is 2. The largest absolute Gasteiger partial charge is 0.493 e. The average molecular weight is 288 g/mol. The van der Waals surface area contributed by atoms with Crippen LogP contribution in [0.2, 0.25) is 0 Å². The van der Waals surface area contributed by atoms with Crippen LogP contribution in [0.15, 0.2) is 18.2 Å². The quantitative estimate of drug-likeness (QED) is 0.874. The molecular formula is C17H24N2O2. The van der Waals surface area contributed by atoms with Gasteiger partial charge >= 0.3 is 0 Å². The Labute approximate surface area is 126 Å². The minimum atomic E-state index is 0.0984. The van der Waals surface area contributed by atoms with Crippen molar-refractivity contribution in [3.8, 4) is 5.75 Å². The fourth-order valence-electron chi connectivity index (χ4n) is 2.83. The first-order chi connectivity index (χ1) is 10.2. The lowest BCUT2D eigenvalue weighted by Gasteiger charge is -2.19. The molecule has 1 atom stereocenters. The van der Waals surface area contributed by atoms with E-state index >= 15 is 0 Å². The third-order valence-corrected chi connectivity index (χ3v) is 4.30. The molecule has 0 radical (unpaired) electrons. The standard InChI is InChI=1S/C17H24N2O2/c1-12-4-2-5-14-15(6-3-9-21-17(12)14)18-11-16(20)19-10-13-7-8-13/h2,4-5,13,15,18H,3,6-11H2,1H3,(H,19,20)/t15-/m0/s1. The molecule has 0 saturated heterocycles. The number of carbonyl (C=O) groups is 1. The maximum Gasteiger partial charge on any atom is 0.233 e. The van der Waals surface area contributed by atoms with Crippen molar-refractivity contribution in [2.45, 2.75) is 38.6 Å². The predicted molar refractivity (Wildman–Crippen MR) is 82.4 cm³/mol. The van der Waals surface area contributed by atoms with Crippen LogP contribution in [0.4, 0.5) is 0 Å². The topological polar surface area (TPSA) is 50.4 Å². The van der Waals surface area contributed by atoms with Crippen molar-refractivity contribution in [3.63, 3.8) is 0 Å². The van der Waals surface area contributed by atoms with Crippen LogP contribution >= 0.6 is 0 Å². The molecule has 1 amide bonds. The summed E-state index contributed by atoms with van der Waals surface area (Å²) in [6.07, 6.45) is 4.54. The van der Waals surface area contributed by atoms with E-state index < -0.39 is 0 Å². The molecule has 0 spiro atoms. The number of aryl methyl sites for hydroxylation is 1. The summed E-state index contributed by atoms with van der Waals surface area (Å²) in [5.74, 6) is 1.82. The predicted octanol–water partition coefficient (Wildman–Crippen LogP) is 2.32. The lowest BCUT2D eigenvalue weighted by atomic mass is 10.00. The molecular weight excluding hydrogens is 264 g/mol. The number of rotatable bonds is 5. The number of ether oxygens (including phenoxy) is 1. The molecule has 0 bridgehead atoms. The van der Waals surface area contributed by atoms with Gasteiger partial charge in [-0.2, -0.15) is 0 Å². The van der Waals surface area contributed by atoms with Crippen LogP contribution in [-0.4, -0.2) is 25.6 Å². The van der Waals surface area contributed by atoms with Crippen LogP contribution in [0.1, 0.15) is 42.9 Å². The zero-order chi connectivity index (χ0) is 14.7. The number of benzene rings is 1. The summed E-state index contributed by atoms with van der Waals surface area (Å²) < 4.78 is 5.86. The molecule has 1 aliphatic heterocycles. The van der Waals surface area contributed by atoms with Gasteiger partial charge in [-0.15, -0.1) is 0 Å². The molecule has 1 aliphatic carbocycles. The molecule has 4 heteroatoms. The van der Waals surface area contributed by atoms with Gasteiger partial charge in [-0.3, -0.25) is 4.79 Å². The van der Waals surface area contributed by atoms with Crippen molar-refractivity contribution >= 4 is 5.91 Å². The van der Waals surface area contributed by atoms with Gasteiger partial charge < -0.3 is 15.4 Å².